The number of halogens is 2. The molecule has 1 aliphatic carbocycles. The molecule has 1 aliphatic heterocycles. The maximum atomic E-state index is 13.6. The summed E-state index contributed by atoms with van der Waals surface area (Å²) in [6.07, 6.45) is 6.18. The van der Waals surface area contributed by atoms with Crippen molar-refractivity contribution in [2.45, 2.75) is 65.3 Å². The number of anilines is 1. The van der Waals surface area contributed by atoms with Crippen LogP contribution in [-0.4, -0.2) is 44.0 Å². The summed E-state index contributed by atoms with van der Waals surface area (Å²) >= 11 is 0. The molecule has 3 heterocycles. The smallest absolute Gasteiger partial charge is 0.266 e. The van der Waals surface area contributed by atoms with Gasteiger partial charge in [-0.05, 0) is 36.5 Å². The minimum Gasteiger partial charge on any atom is -0.348 e. The standard InChI is InChI=1S/C19H28F2N6/c1-18(2,3)14-6-4-5-13(9-14)10-27-17-15(24-25-27)16(22-12-23-17)26-8-7-19(20,21)11-26/h12-14H,4-11H2,1-3H3. The van der Waals surface area contributed by atoms with Crippen molar-refractivity contribution in [1.29, 1.82) is 0 Å². The summed E-state index contributed by atoms with van der Waals surface area (Å²) in [7, 11) is 0. The number of fused-ring (bicyclic) bond motifs is 1. The molecule has 2 fully saturated rings. The zero-order valence-electron chi connectivity index (χ0n) is 16.3. The third-order valence-electron chi connectivity index (χ3n) is 6.19. The first-order valence-electron chi connectivity index (χ1n) is 9.90. The van der Waals surface area contributed by atoms with Crippen LogP contribution in [0.15, 0.2) is 6.33 Å². The Morgan fingerprint density at radius 2 is 2.04 bits per heavy atom. The third kappa shape index (κ3) is 3.75. The first-order chi connectivity index (χ1) is 12.7. The van der Waals surface area contributed by atoms with Crippen LogP contribution in [0.1, 0.15) is 52.9 Å². The van der Waals surface area contributed by atoms with Crippen molar-refractivity contribution in [3.63, 3.8) is 0 Å². The molecule has 2 unspecified atom stereocenters. The highest BCUT2D eigenvalue weighted by Crippen LogP contribution is 2.41. The van der Waals surface area contributed by atoms with Crippen LogP contribution < -0.4 is 4.90 Å². The highest BCUT2D eigenvalue weighted by Gasteiger charge is 2.40. The minimum atomic E-state index is -2.67. The molecule has 148 valence electrons. The molecular weight excluding hydrogens is 350 g/mol. The lowest BCUT2D eigenvalue weighted by Gasteiger charge is -2.37. The van der Waals surface area contributed by atoms with Gasteiger partial charge in [0, 0.05) is 19.5 Å². The molecule has 2 aromatic rings. The predicted molar refractivity (Wildman–Crippen MR) is 99.8 cm³/mol. The fraction of sp³-hybridized carbons (Fsp3) is 0.789. The van der Waals surface area contributed by atoms with Gasteiger partial charge in [-0.2, -0.15) is 0 Å². The summed E-state index contributed by atoms with van der Waals surface area (Å²) in [5, 5.41) is 8.54. The van der Waals surface area contributed by atoms with Gasteiger partial charge in [0.15, 0.2) is 17.0 Å². The number of aromatic nitrogens is 5. The Morgan fingerprint density at radius 3 is 2.74 bits per heavy atom. The maximum Gasteiger partial charge on any atom is 0.266 e. The summed E-state index contributed by atoms with van der Waals surface area (Å²) in [6, 6.07) is 0. The van der Waals surface area contributed by atoms with Gasteiger partial charge in [0.2, 0.25) is 0 Å². The zero-order valence-corrected chi connectivity index (χ0v) is 16.3. The van der Waals surface area contributed by atoms with E-state index in [1.54, 1.807) is 4.90 Å². The Hall–Kier alpha value is -1.86. The molecule has 2 aliphatic rings. The van der Waals surface area contributed by atoms with Crippen LogP contribution in [0, 0.1) is 17.3 Å². The number of nitrogens with zero attached hydrogens (tertiary/aromatic N) is 6. The van der Waals surface area contributed by atoms with E-state index in [9.17, 15) is 8.78 Å². The average Bonchev–Trinajstić information content (AvgIpc) is 3.17. The molecule has 0 N–H and O–H groups in total. The van der Waals surface area contributed by atoms with E-state index in [1.165, 1.54) is 32.0 Å². The van der Waals surface area contributed by atoms with Gasteiger partial charge in [0.05, 0.1) is 6.54 Å². The second-order valence-corrected chi connectivity index (χ2v) is 9.26. The molecule has 2 aromatic heterocycles. The number of hydrogen-bond acceptors (Lipinski definition) is 5. The second-order valence-electron chi connectivity index (χ2n) is 9.26. The molecule has 0 aromatic carbocycles. The fourth-order valence-corrected chi connectivity index (χ4v) is 4.54. The molecular formula is C19H28F2N6. The third-order valence-corrected chi connectivity index (χ3v) is 6.19. The van der Waals surface area contributed by atoms with Gasteiger partial charge in [0.1, 0.15) is 6.33 Å². The first kappa shape index (κ1) is 18.5. The zero-order chi connectivity index (χ0) is 19.2. The van der Waals surface area contributed by atoms with Crippen molar-refractivity contribution in [2.24, 2.45) is 17.3 Å². The molecule has 8 heteroatoms. The van der Waals surface area contributed by atoms with Gasteiger partial charge in [-0.15, -0.1) is 5.10 Å². The Balaban J connectivity index is 1.55. The highest BCUT2D eigenvalue weighted by atomic mass is 19.3. The molecule has 1 saturated carbocycles. The second kappa shape index (κ2) is 6.63. The van der Waals surface area contributed by atoms with Crippen LogP contribution in [0.25, 0.3) is 11.2 Å². The van der Waals surface area contributed by atoms with Gasteiger partial charge in [-0.1, -0.05) is 32.4 Å². The van der Waals surface area contributed by atoms with E-state index in [0.717, 1.165) is 6.54 Å². The van der Waals surface area contributed by atoms with Crippen molar-refractivity contribution >= 4 is 17.0 Å². The molecule has 27 heavy (non-hydrogen) atoms. The maximum absolute atomic E-state index is 13.6. The number of rotatable bonds is 3. The lowest BCUT2D eigenvalue weighted by Crippen LogP contribution is -2.29. The molecule has 0 spiro atoms. The molecule has 0 amide bonds. The number of alkyl halides is 2. The predicted octanol–water partition coefficient (Wildman–Crippen LogP) is 3.92. The van der Waals surface area contributed by atoms with Crippen molar-refractivity contribution in [2.75, 3.05) is 18.0 Å². The van der Waals surface area contributed by atoms with Crippen molar-refractivity contribution in [3.8, 4) is 0 Å². The lowest BCUT2D eigenvalue weighted by molar-refractivity contribution is 0.0257. The van der Waals surface area contributed by atoms with Crippen molar-refractivity contribution in [1.82, 2.24) is 25.0 Å². The Labute approximate surface area is 158 Å². The van der Waals surface area contributed by atoms with E-state index in [4.69, 9.17) is 0 Å². The Kier molecular flexibility index (Phi) is 4.55. The van der Waals surface area contributed by atoms with Crippen LogP contribution in [0.3, 0.4) is 0 Å². The molecule has 0 bridgehead atoms. The summed E-state index contributed by atoms with van der Waals surface area (Å²) in [4.78, 5) is 10.2. The molecule has 6 nitrogen and oxygen atoms in total. The normalized spacial score (nSPS) is 26.0. The monoisotopic (exact) mass is 378 g/mol. The van der Waals surface area contributed by atoms with Crippen LogP contribution in [0.2, 0.25) is 0 Å². The fourth-order valence-electron chi connectivity index (χ4n) is 4.54. The summed E-state index contributed by atoms with van der Waals surface area (Å²) < 4.78 is 29.0. The van der Waals surface area contributed by atoms with E-state index >= 15 is 0 Å². The Morgan fingerprint density at radius 1 is 1.22 bits per heavy atom. The van der Waals surface area contributed by atoms with Crippen LogP contribution in [0.4, 0.5) is 14.6 Å². The first-order valence-corrected chi connectivity index (χ1v) is 9.90. The summed E-state index contributed by atoms with van der Waals surface area (Å²) in [5.41, 5.74) is 1.49. The van der Waals surface area contributed by atoms with Crippen LogP contribution >= 0.6 is 0 Å². The van der Waals surface area contributed by atoms with Gasteiger partial charge in [-0.3, -0.25) is 0 Å². The summed E-state index contributed by atoms with van der Waals surface area (Å²) in [5.74, 6) is -0.942. The van der Waals surface area contributed by atoms with Gasteiger partial charge < -0.3 is 4.90 Å². The van der Waals surface area contributed by atoms with Gasteiger partial charge in [0.25, 0.3) is 5.92 Å². The van der Waals surface area contributed by atoms with E-state index in [1.807, 2.05) is 4.68 Å². The van der Waals surface area contributed by atoms with Crippen LogP contribution in [0.5, 0.6) is 0 Å². The molecule has 4 rings (SSSR count). The SMILES string of the molecule is CC(C)(C)C1CCCC(Cn2nnc3c(N4CCC(F)(F)C4)ncnc32)C1. The lowest BCUT2D eigenvalue weighted by atomic mass is 9.69. The quantitative estimate of drug-likeness (QED) is 0.810. The minimum absolute atomic E-state index is 0.150. The van der Waals surface area contributed by atoms with E-state index < -0.39 is 5.92 Å². The summed E-state index contributed by atoms with van der Waals surface area (Å²) in [6.45, 7) is 7.68. The number of hydrogen-bond donors (Lipinski definition) is 0. The highest BCUT2D eigenvalue weighted by molar-refractivity contribution is 5.82. The molecule has 1 saturated heterocycles. The van der Waals surface area contributed by atoms with Crippen LogP contribution in [-0.2, 0) is 6.54 Å². The largest absolute Gasteiger partial charge is 0.348 e. The molecule has 0 radical (unpaired) electrons. The topological polar surface area (TPSA) is 59.7 Å². The molecule has 2 atom stereocenters. The van der Waals surface area contributed by atoms with Gasteiger partial charge >= 0.3 is 0 Å². The van der Waals surface area contributed by atoms with Crippen molar-refractivity contribution < 1.29 is 8.78 Å². The Bertz CT molecular complexity index is 812. The van der Waals surface area contributed by atoms with Gasteiger partial charge in [-0.25, -0.2) is 23.4 Å². The van der Waals surface area contributed by atoms with E-state index in [2.05, 4.69) is 41.1 Å². The van der Waals surface area contributed by atoms with Crippen molar-refractivity contribution in [3.05, 3.63) is 6.33 Å². The van der Waals surface area contributed by atoms with E-state index in [0.29, 0.717) is 34.2 Å². The average molecular weight is 378 g/mol. The van der Waals surface area contributed by atoms with E-state index in [-0.39, 0.29) is 19.5 Å².